The number of hydrogen-bond donors (Lipinski definition) is 2. The topological polar surface area (TPSA) is 66.8 Å². The summed E-state index contributed by atoms with van der Waals surface area (Å²) in [6.45, 7) is 0. The zero-order chi connectivity index (χ0) is 15.0. The molecule has 0 amide bonds. The van der Waals surface area contributed by atoms with E-state index in [9.17, 15) is 15.0 Å². The van der Waals surface area contributed by atoms with Crippen LogP contribution < -0.4 is 4.74 Å². The zero-order valence-corrected chi connectivity index (χ0v) is 12.3. The number of aliphatic hydroxyl groups excluding tert-OH is 1. The molecular weight excluding hydrogens is 268 g/mol. The molecule has 1 aromatic rings. The van der Waals surface area contributed by atoms with Gasteiger partial charge in [0.25, 0.3) is 0 Å². The molecule has 4 nitrogen and oxygen atoms in total. The number of rotatable bonds is 5. The Kier molecular flexibility index (Phi) is 3.66. The van der Waals surface area contributed by atoms with E-state index in [2.05, 4.69) is 0 Å². The normalized spacial score (nSPS) is 32.1. The highest BCUT2D eigenvalue weighted by atomic mass is 16.5. The van der Waals surface area contributed by atoms with Crippen LogP contribution in [0.25, 0.3) is 0 Å². The van der Waals surface area contributed by atoms with Gasteiger partial charge in [0.2, 0.25) is 0 Å². The molecule has 0 aliphatic heterocycles. The molecule has 0 heterocycles. The van der Waals surface area contributed by atoms with Gasteiger partial charge in [-0.3, -0.25) is 4.79 Å². The van der Waals surface area contributed by atoms with Crippen LogP contribution in [0.1, 0.15) is 43.8 Å². The molecule has 4 atom stereocenters. The third kappa shape index (κ3) is 2.42. The molecule has 2 bridgehead atoms. The molecule has 0 spiro atoms. The summed E-state index contributed by atoms with van der Waals surface area (Å²) in [5.74, 6) is 0.699. The number of carbonyl (C=O) groups is 1. The summed E-state index contributed by atoms with van der Waals surface area (Å²) < 4.78 is 5.17. The van der Waals surface area contributed by atoms with Crippen molar-refractivity contribution >= 4 is 5.97 Å². The van der Waals surface area contributed by atoms with Crippen molar-refractivity contribution in [2.24, 2.45) is 17.3 Å². The molecule has 2 aliphatic carbocycles. The van der Waals surface area contributed by atoms with Gasteiger partial charge in [-0.15, -0.1) is 0 Å². The van der Waals surface area contributed by atoms with Crippen LogP contribution in [0.5, 0.6) is 5.75 Å². The van der Waals surface area contributed by atoms with Crippen LogP contribution in [-0.4, -0.2) is 23.3 Å². The van der Waals surface area contributed by atoms with Crippen LogP contribution in [0.4, 0.5) is 0 Å². The van der Waals surface area contributed by atoms with Crippen molar-refractivity contribution in [2.45, 2.75) is 38.2 Å². The van der Waals surface area contributed by atoms with E-state index in [-0.39, 0.29) is 5.92 Å². The van der Waals surface area contributed by atoms with Crippen molar-refractivity contribution < 1.29 is 19.7 Å². The minimum absolute atomic E-state index is 0.222. The summed E-state index contributed by atoms with van der Waals surface area (Å²) in [4.78, 5) is 11.9. The van der Waals surface area contributed by atoms with Crippen molar-refractivity contribution in [3.8, 4) is 5.75 Å². The van der Waals surface area contributed by atoms with Crippen LogP contribution in [0.3, 0.4) is 0 Å². The maximum absolute atomic E-state index is 11.9. The molecule has 114 valence electrons. The van der Waals surface area contributed by atoms with Crippen LogP contribution in [0, 0.1) is 17.3 Å². The fraction of sp³-hybridized carbons (Fsp3) is 0.588. The molecule has 1 aromatic carbocycles. The number of aliphatic carboxylic acids is 1. The number of aliphatic hydroxyl groups is 1. The number of benzene rings is 1. The third-order valence-corrected chi connectivity index (χ3v) is 5.44. The smallest absolute Gasteiger partial charge is 0.310 e. The first-order valence-electron chi connectivity index (χ1n) is 7.60. The van der Waals surface area contributed by atoms with E-state index in [0.29, 0.717) is 24.5 Å². The molecule has 21 heavy (non-hydrogen) atoms. The largest absolute Gasteiger partial charge is 0.497 e. The minimum Gasteiger partial charge on any atom is -0.497 e. The average molecular weight is 290 g/mol. The summed E-state index contributed by atoms with van der Waals surface area (Å²) >= 11 is 0. The molecule has 3 rings (SSSR count). The maximum atomic E-state index is 11.9. The lowest BCUT2D eigenvalue weighted by Gasteiger charge is -2.35. The van der Waals surface area contributed by atoms with Crippen LogP contribution in [0.15, 0.2) is 24.3 Å². The van der Waals surface area contributed by atoms with E-state index in [0.717, 1.165) is 24.8 Å². The highest BCUT2D eigenvalue weighted by molar-refractivity contribution is 5.76. The second-order valence-electron chi connectivity index (χ2n) is 6.54. The van der Waals surface area contributed by atoms with E-state index in [1.54, 1.807) is 13.2 Å². The van der Waals surface area contributed by atoms with Crippen LogP contribution in [-0.2, 0) is 4.79 Å². The Morgan fingerprint density at radius 2 is 2.29 bits per heavy atom. The molecule has 0 saturated heterocycles. The Balaban J connectivity index is 1.81. The highest BCUT2D eigenvalue weighted by Crippen LogP contribution is 2.59. The zero-order valence-electron chi connectivity index (χ0n) is 12.3. The highest BCUT2D eigenvalue weighted by Gasteiger charge is 2.56. The lowest BCUT2D eigenvalue weighted by atomic mass is 9.69. The number of carboxylic acid groups (broad SMARTS) is 1. The van der Waals surface area contributed by atoms with Gasteiger partial charge in [-0.1, -0.05) is 18.6 Å². The van der Waals surface area contributed by atoms with Gasteiger partial charge in [0.1, 0.15) is 5.75 Å². The van der Waals surface area contributed by atoms with Gasteiger partial charge in [-0.2, -0.15) is 0 Å². The average Bonchev–Trinajstić information content (AvgIpc) is 3.08. The first-order chi connectivity index (χ1) is 10.0. The van der Waals surface area contributed by atoms with Gasteiger partial charge in [0.15, 0.2) is 0 Å². The SMILES string of the molecule is COc1cccc(C(O)CC2(C(=O)O)CC3CCC2C3)c1. The quantitative estimate of drug-likeness (QED) is 0.874. The van der Waals surface area contributed by atoms with Gasteiger partial charge in [-0.05, 0) is 55.2 Å². The number of hydrogen-bond acceptors (Lipinski definition) is 3. The Morgan fingerprint density at radius 1 is 1.48 bits per heavy atom. The predicted octanol–water partition coefficient (Wildman–Crippen LogP) is 3.01. The summed E-state index contributed by atoms with van der Waals surface area (Å²) in [6.07, 6.45) is 3.41. The number of carboxylic acids is 1. The fourth-order valence-corrected chi connectivity index (χ4v) is 4.35. The van der Waals surface area contributed by atoms with Gasteiger partial charge < -0.3 is 14.9 Å². The molecule has 2 saturated carbocycles. The van der Waals surface area contributed by atoms with Crippen molar-refractivity contribution in [3.05, 3.63) is 29.8 Å². The van der Waals surface area contributed by atoms with Crippen molar-refractivity contribution in [1.29, 1.82) is 0 Å². The molecule has 4 unspecified atom stereocenters. The second kappa shape index (κ2) is 5.34. The molecule has 0 radical (unpaired) electrons. The third-order valence-electron chi connectivity index (χ3n) is 5.44. The summed E-state index contributed by atoms with van der Waals surface area (Å²) in [5.41, 5.74) is -0.0106. The first-order valence-corrected chi connectivity index (χ1v) is 7.60. The van der Waals surface area contributed by atoms with E-state index < -0.39 is 17.5 Å². The summed E-state index contributed by atoms with van der Waals surface area (Å²) in [7, 11) is 1.58. The monoisotopic (exact) mass is 290 g/mol. The summed E-state index contributed by atoms with van der Waals surface area (Å²) in [6, 6.07) is 7.26. The van der Waals surface area contributed by atoms with Gasteiger partial charge in [-0.25, -0.2) is 0 Å². The number of fused-ring (bicyclic) bond motifs is 2. The lowest BCUT2D eigenvalue weighted by Crippen LogP contribution is -2.38. The maximum Gasteiger partial charge on any atom is 0.310 e. The second-order valence-corrected chi connectivity index (χ2v) is 6.54. The van der Waals surface area contributed by atoms with Crippen molar-refractivity contribution in [3.63, 3.8) is 0 Å². The lowest BCUT2D eigenvalue weighted by molar-refractivity contribution is -0.155. The van der Waals surface area contributed by atoms with Gasteiger partial charge in [0.05, 0.1) is 18.6 Å². The number of ether oxygens (including phenoxy) is 1. The molecule has 0 aromatic heterocycles. The number of methoxy groups -OCH3 is 1. The Labute approximate surface area is 124 Å². The Morgan fingerprint density at radius 3 is 2.86 bits per heavy atom. The molecule has 4 heteroatoms. The first kappa shape index (κ1) is 14.4. The fourth-order valence-electron chi connectivity index (χ4n) is 4.35. The standard InChI is InChI=1S/C17H22O4/c1-21-14-4-2-3-12(8-14)15(18)10-17(16(19)20)9-11-5-6-13(17)7-11/h2-4,8,11,13,15,18H,5-7,9-10H2,1H3,(H,19,20). The molecule has 2 aliphatic rings. The Bertz CT molecular complexity index is 541. The molecular formula is C17H22O4. The van der Waals surface area contributed by atoms with E-state index >= 15 is 0 Å². The van der Waals surface area contributed by atoms with E-state index in [1.165, 1.54) is 0 Å². The molecule has 2 N–H and O–H groups in total. The van der Waals surface area contributed by atoms with Crippen molar-refractivity contribution in [2.75, 3.05) is 7.11 Å². The van der Waals surface area contributed by atoms with Crippen LogP contribution >= 0.6 is 0 Å². The Hall–Kier alpha value is -1.55. The van der Waals surface area contributed by atoms with Gasteiger partial charge >= 0.3 is 5.97 Å². The van der Waals surface area contributed by atoms with E-state index in [4.69, 9.17) is 4.74 Å². The molecule has 2 fully saturated rings. The predicted molar refractivity (Wildman–Crippen MR) is 78.1 cm³/mol. The summed E-state index contributed by atoms with van der Waals surface area (Å²) in [5, 5.41) is 20.3. The van der Waals surface area contributed by atoms with Crippen molar-refractivity contribution in [1.82, 2.24) is 0 Å². The minimum atomic E-state index is -0.754. The van der Waals surface area contributed by atoms with E-state index in [1.807, 2.05) is 18.2 Å². The van der Waals surface area contributed by atoms with Gasteiger partial charge in [0, 0.05) is 0 Å². The van der Waals surface area contributed by atoms with Crippen LogP contribution in [0.2, 0.25) is 0 Å².